The second-order valence-electron chi connectivity index (χ2n) is 5.99. The number of anilines is 3. The number of benzene rings is 2. The van der Waals surface area contributed by atoms with Gasteiger partial charge in [-0.3, -0.25) is 4.79 Å². The fraction of sp³-hybridized carbons (Fsp3) is 0.0526. The lowest BCUT2D eigenvalue weighted by molar-refractivity contribution is -0.115. The van der Waals surface area contributed by atoms with Crippen molar-refractivity contribution >= 4 is 40.8 Å². The van der Waals surface area contributed by atoms with Gasteiger partial charge in [0.25, 0.3) is 0 Å². The van der Waals surface area contributed by atoms with Gasteiger partial charge < -0.3 is 15.7 Å². The highest BCUT2D eigenvalue weighted by Crippen LogP contribution is 2.34. The Bertz CT molecular complexity index is 1070. The molecule has 0 saturated heterocycles. The smallest absolute Gasteiger partial charge is 0.335 e. The van der Waals surface area contributed by atoms with Crippen LogP contribution in [0, 0.1) is 0 Å². The van der Waals surface area contributed by atoms with E-state index in [1.807, 2.05) is 0 Å². The Morgan fingerprint density at radius 3 is 2.70 bits per heavy atom. The number of hydrogen-bond acceptors (Lipinski definition) is 5. The summed E-state index contributed by atoms with van der Waals surface area (Å²) in [6.45, 7) is 0. The van der Waals surface area contributed by atoms with Gasteiger partial charge in [-0.15, -0.1) is 0 Å². The second-order valence-corrected chi connectivity index (χ2v) is 6.43. The molecule has 1 aromatic heterocycles. The quantitative estimate of drug-likeness (QED) is 0.639. The number of carboxylic acids is 1. The van der Waals surface area contributed by atoms with Crippen LogP contribution in [0.3, 0.4) is 0 Å². The molecule has 27 heavy (non-hydrogen) atoms. The molecule has 8 heteroatoms. The van der Waals surface area contributed by atoms with Crippen LogP contribution in [0.4, 0.5) is 17.3 Å². The van der Waals surface area contributed by atoms with Crippen molar-refractivity contribution in [1.82, 2.24) is 9.97 Å². The number of carbonyl (C=O) groups excluding carboxylic acids is 1. The van der Waals surface area contributed by atoms with E-state index in [9.17, 15) is 9.59 Å². The standard InChI is InChI=1S/C19H13ClN4O3/c20-12-3-6-14-15(8-12)23-16(25)7-11-9-21-19(24-17(11)14)22-13-4-1-10(2-5-13)18(26)27/h1-6,8-9H,7H2,(H,23,25)(H,26,27)(H,21,22,24). The highest BCUT2D eigenvalue weighted by molar-refractivity contribution is 6.31. The Morgan fingerprint density at radius 2 is 1.96 bits per heavy atom. The van der Waals surface area contributed by atoms with Crippen LogP contribution in [0.2, 0.25) is 5.02 Å². The first kappa shape index (κ1) is 17.0. The third-order valence-electron chi connectivity index (χ3n) is 4.11. The zero-order valence-electron chi connectivity index (χ0n) is 13.9. The van der Waals surface area contributed by atoms with Gasteiger partial charge in [0.2, 0.25) is 11.9 Å². The van der Waals surface area contributed by atoms with Crippen molar-refractivity contribution in [1.29, 1.82) is 0 Å². The first-order valence-electron chi connectivity index (χ1n) is 8.06. The number of aromatic carboxylic acids is 1. The molecule has 1 aliphatic rings. The SMILES string of the molecule is O=C1Cc2cnc(Nc3ccc(C(=O)O)cc3)nc2-c2ccc(Cl)cc2N1. The van der Waals surface area contributed by atoms with Gasteiger partial charge in [0.15, 0.2) is 0 Å². The van der Waals surface area contributed by atoms with Crippen LogP contribution in [0.1, 0.15) is 15.9 Å². The summed E-state index contributed by atoms with van der Waals surface area (Å²) in [5.41, 5.74) is 3.55. The number of halogens is 1. The molecule has 2 aromatic carbocycles. The third-order valence-corrected chi connectivity index (χ3v) is 4.35. The van der Waals surface area contributed by atoms with E-state index in [1.165, 1.54) is 12.1 Å². The van der Waals surface area contributed by atoms with Gasteiger partial charge in [-0.2, -0.15) is 0 Å². The number of rotatable bonds is 3. The van der Waals surface area contributed by atoms with Gasteiger partial charge in [0, 0.05) is 28.0 Å². The normalized spacial score (nSPS) is 12.4. The molecule has 0 aliphatic carbocycles. The van der Waals surface area contributed by atoms with Crippen molar-refractivity contribution in [2.75, 3.05) is 10.6 Å². The van der Waals surface area contributed by atoms with Crippen molar-refractivity contribution in [2.45, 2.75) is 6.42 Å². The number of fused-ring (bicyclic) bond motifs is 3. The van der Waals surface area contributed by atoms with Crippen LogP contribution in [0.5, 0.6) is 0 Å². The first-order chi connectivity index (χ1) is 13.0. The molecule has 3 N–H and O–H groups in total. The molecule has 1 aliphatic heterocycles. The molecule has 0 bridgehead atoms. The van der Waals surface area contributed by atoms with Crippen LogP contribution in [-0.2, 0) is 11.2 Å². The highest BCUT2D eigenvalue weighted by atomic mass is 35.5. The van der Waals surface area contributed by atoms with Crippen molar-refractivity contribution in [3.05, 3.63) is 64.8 Å². The number of amides is 1. The Labute approximate surface area is 159 Å². The van der Waals surface area contributed by atoms with E-state index in [2.05, 4.69) is 20.6 Å². The molecular weight excluding hydrogens is 368 g/mol. The molecule has 7 nitrogen and oxygen atoms in total. The Kier molecular flexibility index (Phi) is 4.21. The molecule has 0 radical (unpaired) electrons. The van der Waals surface area contributed by atoms with Gasteiger partial charge in [-0.05, 0) is 42.5 Å². The summed E-state index contributed by atoms with van der Waals surface area (Å²) < 4.78 is 0. The van der Waals surface area contributed by atoms with Gasteiger partial charge in [-0.1, -0.05) is 11.6 Å². The third kappa shape index (κ3) is 3.45. The summed E-state index contributed by atoms with van der Waals surface area (Å²) in [5.74, 6) is -0.812. The molecule has 4 rings (SSSR count). The van der Waals surface area contributed by atoms with E-state index in [0.717, 1.165) is 5.56 Å². The molecule has 0 unspecified atom stereocenters. The van der Waals surface area contributed by atoms with E-state index in [1.54, 1.807) is 36.5 Å². The largest absolute Gasteiger partial charge is 0.478 e. The predicted molar refractivity (Wildman–Crippen MR) is 101 cm³/mol. The number of carboxylic acid groups (broad SMARTS) is 1. The van der Waals surface area contributed by atoms with Crippen LogP contribution in [0.25, 0.3) is 11.3 Å². The van der Waals surface area contributed by atoms with E-state index >= 15 is 0 Å². The summed E-state index contributed by atoms with van der Waals surface area (Å²) >= 11 is 6.04. The molecular formula is C19H13ClN4O3. The van der Waals surface area contributed by atoms with Gasteiger partial charge in [0.1, 0.15) is 0 Å². The topological polar surface area (TPSA) is 104 Å². The highest BCUT2D eigenvalue weighted by Gasteiger charge is 2.21. The zero-order valence-corrected chi connectivity index (χ0v) is 14.6. The lowest BCUT2D eigenvalue weighted by Gasteiger charge is -2.11. The van der Waals surface area contributed by atoms with E-state index in [4.69, 9.17) is 16.7 Å². The zero-order chi connectivity index (χ0) is 19.0. The van der Waals surface area contributed by atoms with E-state index in [0.29, 0.717) is 33.6 Å². The van der Waals surface area contributed by atoms with Crippen LogP contribution < -0.4 is 10.6 Å². The minimum Gasteiger partial charge on any atom is -0.478 e. The number of hydrogen-bond donors (Lipinski definition) is 3. The molecule has 0 saturated carbocycles. The Morgan fingerprint density at radius 1 is 1.19 bits per heavy atom. The van der Waals surface area contributed by atoms with Crippen LogP contribution >= 0.6 is 11.6 Å². The molecule has 2 heterocycles. The number of nitrogens with one attached hydrogen (secondary N) is 2. The summed E-state index contributed by atoms with van der Waals surface area (Å²) in [6.07, 6.45) is 1.77. The fourth-order valence-corrected chi connectivity index (χ4v) is 3.02. The Hall–Kier alpha value is -3.45. The molecule has 0 atom stereocenters. The summed E-state index contributed by atoms with van der Waals surface area (Å²) in [6, 6.07) is 11.5. The average molecular weight is 381 g/mol. The van der Waals surface area contributed by atoms with Crippen molar-refractivity contribution in [2.24, 2.45) is 0 Å². The monoisotopic (exact) mass is 380 g/mol. The minimum atomic E-state index is -0.990. The van der Waals surface area contributed by atoms with Gasteiger partial charge in [0.05, 0.1) is 23.4 Å². The summed E-state index contributed by atoms with van der Waals surface area (Å²) in [5, 5.41) is 15.4. The molecule has 3 aromatic rings. The predicted octanol–water partition coefficient (Wildman–Crippen LogP) is 3.73. The van der Waals surface area contributed by atoms with Crippen LogP contribution in [0.15, 0.2) is 48.7 Å². The van der Waals surface area contributed by atoms with Crippen molar-refractivity contribution in [3.8, 4) is 11.3 Å². The maximum absolute atomic E-state index is 12.1. The maximum Gasteiger partial charge on any atom is 0.335 e. The number of nitrogens with zero attached hydrogens (tertiary/aromatic N) is 2. The maximum atomic E-state index is 12.1. The van der Waals surface area contributed by atoms with Crippen molar-refractivity contribution in [3.63, 3.8) is 0 Å². The van der Waals surface area contributed by atoms with Crippen molar-refractivity contribution < 1.29 is 14.7 Å². The number of aromatic nitrogens is 2. The van der Waals surface area contributed by atoms with Gasteiger partial charge >= 0.3 is 5.97 Å². The molecule has 0 fully saturated rings. The average Bonchev–Trinajstić information content (AvgIpc) is 2.77. The van der Waals surface area contributed by atoms with E-state index < -0.39 is 5.97 Å². The minimum absolute atomic E-state index is 0.161. The Balaban J connectivity index is 1.71. The summed E-state index contributed by atoms with van der Waals surface area (Å²) in [7, 11) is 0. The molecule has 134 valence electrons. The second kappa shape index (κ2) is 6.69. The number of carbonyl (C=O) groups is 2. The lowest BCUT2D eigenvalue weighted by atomic mass is 10.1. The lowest BCUT2D eigenvalue weighted by Crippen LogP contribution is -2.12. The van der Waals surface area contributed by atoms with Crippen LogP contribution in [-0.4, -0.2) is 27.0 Å². The van der Waals surface area contributed by atoms with Gasteiger partial charge in [-0.25, -0.2) is 14.8 Å². The fourth-order valence-electron chi connectivity index (χ4n) is 2.85. The molecule has 1 amide bonds. The first-order valence-corrected chi connectivity index (χ1v) is 8.43. The summed E-state index contributed by atoms with van der Waals surface area (Å²) in [4.78, 5) is 31.9. The van der Waals surface area contributed by atoms with E-state index in [-0.39, 0.29) is 17.9 Å². The molecule has 0 spiro atoms.